The summed E-state index contributed by atoms with van der Waals surface area (Å²) in [5, 5.41) is 0. The van der Waals surface area contributed by atoms with E-state index in [1.807, 2.05) is 18.2 Å². The molecule has 2 rings (SSSR count). The number of hydrogen-bond donors (Lipinski definition) is 1. The largest absolute Gasteiger partial charge is 0.324 e. The van der Waals surface area contributed by atoms with Gasteiger partial charge in [0.15, 0.2) is 0 Å². The average molecular weight is 147 g/mol. The van der Waals surface area contributed by atoms with Gasteiger partial charge in [-0.05, 0) is 23.6 Å². The first-order valence-corrected chi connectivity index (χ1v) is 3.65. The highest BCUT2D eigenvalue weighted by atomic mass is 16.1. The normalized spacial score (nSPS) is 20.3. The zero-order chi connectivity index (χ0) is 7.84. The summed E-state index contributed by atoms with van der Waals surface area (Å²) in [4.78, 5) is 10.3. The first-order valence-electron chi connectivity index (χ1n) is 3.65. The molecule has 2 nitrogen and oxygen atoms in total. The smallest absolute Gasteiger partial charge is 0.150 e. The van der Waals surface area contributed by atoms with Crippen LogP contribution in [0.4, 0.5) is 0 Å². The highest BCUT2D eigenvalue weighted by Gasteiger charge is 2.21. The van der Waals surface area contributed by atoms with Gasteiger partial charge >= 0.3 is 0 Å². The van der Waals surface area contributed by atoms with Gasteiger partial charge in [-0.15, -0.1) is 0 Å². The number of hydrogen-bond acceptors (Lipinski definition) is 2. The molecule has 0 radical (unpaired) electrons. The SMILES string of the molecule is NC1Cc2cc(C=O)ccc21. The molecular formula is C9H9NO. The highest BCUT2D eigenvalue weighted by molar-refractivity contribution is 5.75. The molecule has 1 aromatic carbocycles. The second-order valence-corrected chi connectivity index (χ2v) is 2.89. The van der Waals surface area contributed by atoms with Crippen LogP contribution in [0, 0.1) is 0 Å². The Morgan fingerprint density at radius 2 is 2.36 bits per heavy atom. The summed E-state index contributed by atoms with van der Waals surface area (Å²) < 4.78 is 0. The van der Waals surface area contributed by atoms with Crippen molar-refractivity contribution in [1.82, 2.24) is 0 Å². The molecule has 0 heterocycles. The zero-order valence-electron chi connectivity index (χ0n) is 6.08. The predicted molar refractivity (Wildman–Crippen MR) is 42.5 cm³/mol. The zero-order valence-corrected chi connectivity index (χ0v) is 6.08. The van der Waals surface area contributed by atoms with Crippen molar-refractivity contribution in [2.24, 2.45) is 5.73 Å². The lowest BCUT2D eigenvalue weighted by Gasteiger charge is -2.26. The third kappa shape index (κ3) is 0.870. The van der Waals surface area contributed by atoms with E-state index in [4.69, 9.17) is 5.73 Å². The first-order chi connectivity index (χ1) is 5.31. The summed E-state index contributed by atoms with van der Waals surface area (Å²) in [6.45, 7) is 0. The molecule has 2 N–H and O–H groups in total. The Morgan fingerprint density at radius 3 is 2.91 bits per heavy atom. The number of carbonyl (C=O) groups is 1. The highest BCUT2D eigenvalue weighted by Crippen LogP contribution is 2.30. The maximum atomic E-state index is 10.3. The summed E-state index contributed by atoms with van der Waals surface area (Å²) >= 11 is 0. The van der Waals surface area contributed by atoms with Crippen LogP contribution in [0.25, 0.3) is 0 Å². The van der Waals surface area contributed by atoms with Crippen molar-refractivity contribution in [3.8, 4) is 0 Å². The quantitative estimate of drug-likeness (QED) is 0.603. The van der Waals surface area contributed by atoms with Crippen molar-refractivity contribution in [2.75, 3.05) is 0 Å². The molecule has 0 saturated heterocycles. The number of rotatable bonds is 1. The second kappa shape index (κ2) is 2.17. The van der Waals surface area contributed by atoms with Gasteiger partial charge in [-0.25, -0.2) is 0 Å². The van der Waals surface area contributed by atoms with Gasteiger partial charge in [0.2, 0.25) is 0 Å². The van der Waals surface area contributed by atoms with Crippen molar-refractivity contribution in [2.45, 2.75) is 12.5 Å². The van der Waals surface area contributed by atoms with Crippen molar-refractivity contribution >= 4 is 6.29 Å². The van der Waals surface area contributed by atoms with Gasteiger partial charge in [0, 0.05) is 11.6 Å². The van der Waals surface area contributed by atoms with Gasteiger partial charge in [-0.2, -0.15) is 0 Å². The molecule has 0 spiro atoms. The van der Waals surface area contributed by atoms with Crippen molar-refractivity contribution in [3.05, 3.63) is 34.9 Å². The Bertz CT molecular complexity index is 306. The fraction of sp³-hybridized carbons (Fsp3) is 0.222. The van der Waals surface area contributed by atoms with Crippen molar-refractivity contribution < 1.29 is 4.79 Å². The molecule has 0 fully saturated rings. The van der Waals surface area contributed by atoms with E-state index in [0.717, 1.165) is 18.3 Å². The molecule has 0 bridgehead atoms. The summed E-state index contributed by atoms with van der Waals surface area (Å²) in [7, 11) is 0. The predicted octanol–water partition coefficient (Wildman–Crippen LogP) is 1.06. The van der Waals surface area contributed by atoms with Crippen LogP contribution in [0.1, 0.15) is 27.5 Å². The monoisotopic (exact) mass is 147 g/mol. The van der Waals surface area contributed by atoms with Crippen LogP contribution >= 0.6 is 0 Å². The maximum absolute atomic E-state index is 10.3. The minimum absolute atomic E-state index is 0.200. The van der Waals surface area contributed by atoms with E-state index in [2.05, 4.69) is 0 Å². The summed E-state index contributed by atoms with van der Waals surface area (Å²) in [5.74, 6) is 0. The van der Waals surface area contributed by atoms with Crippen LogP contribution in [0.2, 0.25) is 0 Å². The molecule has 0 aromatic heterocycles. The Kier molecular flexibility index (Phi) is 1.29. The molecular weight excluding hydrogens is 138 g/mol. The van der Waals surface area contributed by atoms with E-state index in [1.165, 1.54) is 11.1 Å². The molecule has 1 aliphatic rings. The third-order valence-corrected chi connectivity index (χ3v) is 2.14. The molecule has 1 atom stereocenters. The van der Waals surface area contributed by atoms with Gasteiger partial charge in [0.25, 0.3) is 0 Å². The Labute approximate surface area is 65.0 Å². The fourth-order valence-electron chi connectivity index (χ4n) is 1.45. The number of fused-ring (bicyclic) bond motifs is 1. The van der Waals surface area contributed by atoms with E-state index in [-0.39, 0.29) is 6.04 Å². The Balaban J connectivity index is 2.45. The maximum Gasteiger partial charge on any atom is 0.150 e. The molecule has 0 saturated carbocycles. The molecule has 2 heteroatoms. The van der Waals surface area contributed by atoms with E-state index in [9.17, 15) is 4.79 Å². The second-order valence-electron chi connectivity index (χ2n) is 2.89. The number of carbonyl (C=O) groups excluding carboxylic acids is 1. The van der Waals surface area contributed by atoms with E-state index in [1.54, 1.807) is 0 Å². The van der Waals surface area contributed by atoms with Gasteiger partial charge in [-0.1, -0.05) is 12.1 Å². The number of benzene rings is 1. The van der Waals surface area contributed by atoms with Crippen LogP contribution in [0.15, 0.2) is 18.2 Å². The van der Waals surface area contributed by atoms with Gasteiger partial charge in [0.1, 0.15) is 6.29 Å². The van der Waals surface area contributed by atoms with Crippen LogP contribution in [0.3, 0.4) is 0 Å². The summed E-state index contributed by atoms with van der Waals surface area (Å²) in [5.41, 5.74) is 8.85. The molecule has 1 aliphatic carbocycles. The third-order valence-electron chi connectivity index (χ3n) is 2.14. The average Bonchev–Trinajstić information content (AvgIpc) is 2.02. The van der Waals surface area contributed by atoms with Crippen LogP contribution < -0.4 is 5.73 Å². The van der Waals surface area contributed by atoms with Gasteiger partial charge in [-0.3, -0.25) is 4.79 Å². The van der Waals surface area contributed by atoms with E-state index in [0.29, 0.717) is 0 Å². The van der Waals surface area contributed by atoms with Crippen LogP contribution in [0.5, 0.6) is 0 Å². The van der Waals surface area contributed by atoms with Crippen molar-refractivity contribution in [3.63, 3.8) is 0 Å². The van der Waals surface area contributed by atoms with Gasteiger partial charge in [0.05, 0.1) is 0 Å². The minimum atomic E-state index is 0.200. The molecule has 0 aliphatic heterocycles. The first kappa shape index (κ1) is 6.55. The molecule has 1 unspecified atom stereocenters. The molecule has 0 amide bonds. The van der Waals surface area contributed by atoms with Crippen LogP contribution in [-0.4, -0.2) is 6.29 Å². The van der Waals surface area contributed by atoms with Gasteiger partial charge < -0.3 is 5.73 Å². The topological polar surface area (TPSA) is 43.1 Å². The molecule has 11 heavy (non-hydrogen) atoms. The lowest BCUT2D eigenvalue weighted by molar-refractivity contribution is 0.112. The number of nitrogens with two attached hydrogens (primary N) is 1. The van der Waals surface area contributed by atoms with Crippen LogP contribution in [-0.2, 0) is 6.42 Å². The minimum Gasteiger partial charge on any atom is -0.324 e. The van der Waals surface area contributed by atoms with E-state index >= 15 is 0 Å². The molecule has 1 aromatic rings. The standard InChI is InChI=1S/C9H9NO/c10-9-4-7-3-6(5-11)1-2-8(7)9/h1-3,5,9H,4,10H2. The summed E-state index contributed by atoms with van der Waals surface area (Å²) in [6.07, 6.45) is 1.78. The Morgan fingerprint density at radius 1 is 1.55 bits per heavy atom. The lowest BCUT2D eigenvalue weighted by atomic mass is 9.83. The Hall–Kier alpha value is -1.15. The van der Waals surface area contributed by atoms with Crippen molar-refractivity contribution in [1.29, 1.82) is 0 Å². The summed E-state index contributed by atoms with van der Waals surface area (Å²) in [6, 6.07) is 5.86. The molecule has 56 valence electrons. The van der Waals surface area contributed by atoms with E-state index < -0.39 is 0 Å². The number of aldehydes is 1. The lowest BCUT2D eigenvalue weighted by Crippen LogP contribution is -2.24. The fourth-order valence-corrected chi connectivity index (χ4v) is 1.45.